The predicted molar refractivity (Wildman–Crippen MR) is 143 cm³/mol. The summed E-state index contributed by atoms with van der Waals surface area (Å²) >= 11 is 0. The van der Waals surface area contributed by atoms with Crippen molar-refractivity contribution in [1.29, 1.82) is 0 Å². The lowest BCUT2D eigenvalue weighted by atomic mass is 9.82. The Balaban J connectivity index is 1.38. The minimum absolute atomic E-state index is 0.0392. The van der Waals surface area contributed by atoms with Gasteiger partial charge in [-0.3, -0.25) is 14.4 Å². The predicted octanol–water partition coefficient (Wildman–Crippen LogP) is 3.42. The summed E-state index contributed by atoms with van der Waals surface area (Å²) in [6.45, 7) is 1.67. The van der Waals surface area contributed by atoms with Crippen LogP contribution in [0.4, 0.5) is 0 Å². The van der Waals surface area contributed by atoms with Crippen molar-refractivity contribution < 1.29 is 23.9 Å². The molecule has 0 unspecified atom stereocenters. The number of piperidine rings is 1. The summed E-state index contributed by atoms with van der Waals surface area (Å²) in [5, 5.41) is 3.09. The molecule has 38 heavy (non-hydrogen) atoms. The first-order valence-electron chi connectivity index (χ1n) is 13.4. The molecule has 2 heterocycles. The summed E-state index contributed by atoms with van der Waals surface area (Å²) in [5.74, 6) is 1.31. The summed E-state index contributed by atoms with van der Waals surface area (Å²) < 4.78 is 11.3. The standard InChI is InChI=1S/C30H35N3O5/c1-37-26-12-8-21(9-13-26)30(36)33-19-24-5-2-3-7-27(24)38-16-4-6-23-18-32(29(35)20-33)15-14-22(23)17-28(34)31-25-10-11-25/h2-9,12-13,22-23,25H,10-11,14-20H2,1H3,(H,31,34)/t22-,23-/m0/s1. The number of ether oxygens (including phenoxy) is 2. The fraction of sp³-hybridized carbons (Fsp3) is 0.433. The van der Waals surface area contributed by atoms with Crippen molar-refractivity contribution in [2.24, 2.45) is 11.8 Å². The topological polar surface area (TPSA) is 88.2 Å². The van der Waals surface area contributed by atoms with Crippen LogP contribution < -0.4 is 14.8 Å². The van der Waals surface area contributed by atoms with Crippen molar-refractivity contribution in [1.82, 2.24) is 15.1 Å². The molecule has 2 aromatic rings. The fourth-order valence-corrected chi connectivity index (χ4v) is 5.21. The molecule has 2 fully saturated rings. The summed E-state index contributed by atoms with van der Waals surface area (Å²) in [4.78, 5) is 43.1. The molecule has 5 rings (SSSR count). The molecule has 8 nitrogen and oxygen atoms in total. The number of methoxy groups -OCH3 is 1. The Kier molecular flexibility index (Phi) is 7.96. The van der Waals surface area contributed by atoms with Gasteiger partial charge < -0.3 is 24.6 Å². The second-order valence-corrected chi connectivity index (χ2v) is 10.3. The summed E-state index contributed by atoms with van der Waals surface area (Å²) in [7, 11) is 1.58. The Hall–Kier alpha value is -3.81. The monoisotopic (exact) mass is 517 g/mol. The van der Waals surface area contributed by atoms with Gasteiger partial charge in [0.25, 0.3) is 5.91 Å². The van der Waals surface area contributed by atoms with Crippen LogP contribution in [0.2, 0.25) is 0 Å². The SMILES string of the molecule is COc1ccc(C(=O)N2CC(=O)N3CC[C@@H](CC(=O)NC4CC4)[C@@H](C=CCOc4ccccc4C2)C3)cc1. The molecule has 1 aliphatic carbocycles. The number of hydrogen-bond donors (Lipinski definition) is 1. The maximum atomic E-state index is 13.6. The van der Waals surface area contributed by atoms with Gasteiger partial charge >= 0.3 is 0 Å². The average Bonchev–Trinajstić information content (AvgIpc) is 3.75. The van der Waals surface area contributed by atoms with E-state index in [9.17, 15) is 14.4 Å². The zero-order valence-corrected chi connectivity index (χ0v) is 21.8. The highest BCUT2D eigenvalue weighted by Crippen LogP contribution is 2.30. The fourth-order valence-electron chi connectivity index (χ4n) is 5.21. The number of benzene rings is 2. The van der Waals surface area contributed by atoms with E-state index >= 15 is 0 Å². The number of nitrogens with one attached hydrogen (secondary N) is 1. The number of nitrogens with zero attached hydrogens (tertiary/aromatic N) is 2. The number of rotatable bonds is 5. The zero-order valence-electron chi connectivity index (χ0n) is 21.8. The van der Waals surface area contributed by atoms with E-state index in [4.69, 9.17) is 9.47 Å². The molecule has 2 bridgehead atoms. The third-order valence-electron chi connectivity index (χ3n) is 7.55. The maximum Gasteiger partial charge on any atom is 0.254 e. The zero-order chi connectivity index (χ0) is 26.5. The van der Waals surface area contributed by atoms with Crippen LogP contribution in [0.5, 0.6) is 11.5 Å². The Morgan fingerprint density at radius 1 is 1.05 bits per heavy atom. The van der Waals surface area contributed by atoms with Crippen LogP contribution >= 0.6 is 0 Å². The third-order valence-corrected chi connectivity index (χ3v) is 7.55. The second kappa shape index (κ2) is 11.7. The molecule has 1 saturated carbocycles. The Morgan fingerprint density at radius 3 is 2.61 bits per heavy atom. The van der Waals surface area contributed by atoms with Gasteiger partial charge in [0, 0.05) is 36.7 Å². The lowest BCUT2D eigenvalue weighted by molar-refractivity contribution is -0.134. The molecule has 0 spiro atoms. The van der Waals surface area contributed by atoms with E-state index < -0.39 is 0 Å². The Morgan fingerprint density at radius 2 is 1.84 bits per heavy atom. The highest BCUT2D eigenvalue weighted by molar-refractivity contribution is 5.96. The van der Waals surface area contributed by atoms with Crippen LogP contribution in [-0.4, -0.2) is 66.9 Å². The van der Waals surface area contributed by atoms with Crippen LogP contribution in [-0.2, 0) is 16.1 Å². The molecule has 3 aliphatic rings. The average molecular weight is 518 g/mol. The van der Waals surface area contributed by atoms with Crippen molar-refractivity contribution in [3.8, 4) is 11.5 Å². The van der Waals surface area contributed by atoms with Gasteiger partial charge in [-0.2, -0.15) is 0 Å². The van der Waals surface area contributed by atoms with E-state index in [1.165, 1.54) is 0 Å². The number of fused-ring (bicyclic) bond motifs is 3. The first-order valence-corrected chi connectivity index (χ1v) is 13.4. The molecule has 200 valence electrons. The number of carbonyl (C=O) groups excluding carboxylic acids is 3. The van der Waals surface area contributed by atoms with Crippen LogP contribution in [0.3, 0.4) is 0 Å². The van der Waals surface area contributed by atoms with Gasteiger partial charge in [-0.05, 0) is 61.4 Å². The number of hydrogen-bond acceptors (Lipinski definition) is 5. The molecule has 0 aromatic heterocycles. The molecular formula is C30H35N3O5. The highest BCUT2D eigenvalue weighted by Gasteiger charge is 2.34. The van der Waals surface area contributed by atoms with Gasteiger partial charge in [0.05, 0.1) is 13.7 Å². The minimum Gasteiger partial charge on any atom is -0.497 e. The van der Waals surface area contributed by atoms with Crippen LogP contribution in [0.1, 0.15) is 41.6 Å². The van der Waals surface area contributed by atoms with Crippen molar-refractivity contribution in [3.63, 3.8) is 0 Å². The second-order valence-electron chi connectivity index (χ2n) is 10.3. The van der Waals surface area contributed by atoms with Crippen LogP contribution in [0.15, 0.2) is 60.7 Å². The normalized spacial score (nSPS) is 21.8. The third kappa shape index (κ3) is 6.36. The Labute approximate surface area is 223 Å². The van der Waals surface area contributed by atoms with Crippen molar-refractivity contribution in [3.05, 3.63) is 71.8 Å². The quantitative estimate of drug-likeness (QED) is 0.614. The minimum atomic E-state index is -0.230. The molecular weight excluding hydrogens is 482 g/mol. The molecule has 0 radical (unpaired) electrons. The van der Waals surface area contributed by atoms with Crippen molar-refractivity contribution >= 4 is 17.7 Å². The molecule has 2 aromatic carbocycles. The maximum absolute atomic E-state index is 13.6. The van der Waals surface area contributed by atoms with E-state index in [0.29, 0.717) is 49.2 Å². The van der Waals surface area contributed by atoms with Gasteiger partial charge in [-0.25, -0.2) is 0 Å². The Bertz CT molecular complexity index is 1190. The first kappa shape index (κ1) is 25.8. The molecule has 1 saturated heterocycles. The lowest BCUT2D eigenvalue weighted by Crippen LogP contribution is -2.48. The summed E-state index contributed by atoms with van der Waals surface area (Å²) in [6, 6.07) is 14.9. The first-order chi connectivity index (χ1) is 18.5. The number of amides is 3. The van der Waals surface area contributed by atoms with E-state index in [1.807, 2.05) is 35.2 Å². The van der Waals surface area contributed by atoms with E-state index in [-0.39, 0.29) is 42.6 Å². The molecule has 1 N–H and O–H groups in total. The van der Waals surface area contributed by atoms with Crippen LogP contribution in [0.25, 0.3) is 0 Å². The molecule has 2 aliphatic heterocycles. The van der Waals surface area contributed by atoms with E-state index in [0.717, 1.165) is 24.8 Å². The molecule has 2 atom stereocenters. The van der Waals surface area contributed by atoms with Crippen molar-refractivity contribution in [2.45, 2.75) is 38.3 Å². The smallest absolute Gasteiger partial charge is 0.254 e. The number of para-hydroxylation sites is 1. The molecule has 3 amide bonds. The van der Waals surface area contributed by atoms with Gasteiger partial charge in [0.1, 0.15) is 24.7 Å². The molecule has 8 heteroatoms. The summed E-state index contributed by atoms with van der Waals surface area (Å²) in [6.07, 6.45) is 7.40. The highest BCUT2D eigenvalue weighted by atomic mass is 16.5. The van der Waals surface area contributed by atoms with Gasteiger partial charge in [0.15, 0.2) is 0 Å². The lowest BCUT2D eigenvalue weighted by Gasteiger charge is -2.38. The van der Waals surface area contributed by atoms with Gasteiger partial charge in [-0.1, -0.05) is 30.4 Å². The van der Waals surface area contributed by atoms with Crippen molar-refractivity contribution in [2.75, 3.05) is 33.4 Å². The van der Waals surface area contributed by atoms with E-state index in [1.54, 1.807) is 36.3 Å². The largest absolute Gasteiger partial charge is 0.497 e. The van der Waals surface area contributed by atoms with Crippen LogP contribution in [0, 0.1) is 11.8 Å². The summed E-state index contributed by atoms with van der Waals surface area (Å²) in [5.41, 5.74) is 1.32. The van der Waals surface area contributed by atoms with Gasteiger partial charge in [-0.15, -0.1) is 0 Å². The van der Waals surface area contributed by atoms with E-state index in [2.05, 4.69) is 11.4 Å². The number of carbonyl (C=O) groups is 3. The van der Waals surface area contributed by atoms with Gasteiger partial charge in [0.2, 0.25) is 11.8 Å².